The summed E-state index contributed by atoms with van der Waals surface area (Å²) in [6.07, 6.45) is 5.31. The smallest absolute Gasteiger partial charge is 0.310 e. The monoisotopic (exact) mass is 360 g/mol. The average Bonchev–Trinajstić information content (AvgIpc) is 3.43. The molecule has 4 nitrogen and oxygen atoms in total. The highest BCUT2D eigenvalue weighted by Gasteiger charge is 2.63. The zero-order valence-electron chi connectivity index (χ0n) is 14.1. The molecule has 132 valence electrons. The maximum Gasteiger partial charge on any atom is 0.310 e. The summed E-state index contributed by atoms with van der Waals surface area (Å²) in [5, 5.41) is 0.574. The van der Waals surface area contributed by atoms with Gasteiger partial charge < -0.3 is 9.47 Å². The van der Waals surface area contributed by atoms with Crippen molar-refractivity contribution in [2.24, 2.45) is 35.5 Å². The van der Waals surface area contributed by atoms with Gasteiger partial charge in [-0.15, -0.1) is 0 Å². The van der Waals surface area contributed by atoms with Crippen molar-refractivity contribution in [1.29, 1.82) is 0 Å². The molecule has 6 atom stereocenters. The van der Waals surface area contributed by atoms with Crippen LogP contribution < -0.4 is 0 Å². The Morgan fingerprint density at radius 3 is 2.24 bits per heavy atom. The molecule has 0 heterocycles. The second-order valence-electron chi connectivity index (χ2n) is 7.11. The van der Waals surface area contributed by atoms with Crippen LogP contribution in [0, 0.1) is 35.5 Å². The third-order valence-corrected chi connectivity index (χ3v) is 6.18. The predicted octanol–water partition coefficient (Wildman–Crippen LogP) is 3.63. The molecule has 0 amide bonds. The van der Waals surface area contributed by atoms with E-state index in [2.05, 4.69) is 12.2 Å². The Morgan fingerprint density at radius 2 is 1.64 bits per heavy atom. The molecule has 4 aliphatic carbocycles. The maximum absolute atomic E-state index is 12.8. The lowest BCUT2D eigenvalue weighted by atomic mass is 9.62. The molecule has 0 spiro atoms. The zero-order chi connectivity index (χ0) is 17.6. The van der Waals surface area contributed by atoms with Crippen molar-refractivity contribution in [3.63, 3.8) is 0 Å². The number of hydrogen-bond acceptors (Lipinski definition) is 4. The number of benzene rings is 1. The van der Waals surface area contributed by atoms with Gasteiger partial charge in [-0.3, -0.25) is 9.59 Å². The van der Waals surface area contributed by atoms with Gasteiger partial charge in [-0.1, -0.05) is 42.0 Å². The van der Waals surface area contributed by atoms with Crippen molar-refractivity contribution in [3.8, 4) is 0 Å². The van der Waals surface area contributed by atoms with Crippen LogP contribution >= 0.6 is 11.6 Å². The number of carbonyl (C=O) groups excluding carboxylic acids is 2. The van der Waals surface area contributed by atoms with Crippen LogP contribution in [0.4, 0.5) is 0 Å². The first kappa shape index (κ1) is 16.6. The number of ether oxygens (including phenoxy) is 2. The van der Waals surface area contributed by atoms with Crippen LogP contribution in [0.1, 0.15) is 18.9 Å². The molecule has 0 saturated heterocycles. The molecule has 0 aliphatic heterocycles. The SMILES string of the molecule is CCOC(=O)[C@H]1[C@H]2C=C[C@H]([C@H]3C[C@H]23)[C@@H]1C(=O)OCc1ccccc1Cl. The number of carbonyl (C=O) groups is 2. The summed E-state index contributed by atoms with van der Waals surface area (Å²) < 4.78 is 10.8. The Labute approximate surface area is 152 Å². The highest BCUT2D eigenvalue weighted by atomic mass is 35.5. The average molecular weight is 361 g/mol. The van der Waals surface area contributed by atoms with Gasteiger partial charge in [-0.25, -0.2) is 0 Å². The summed E-state index contributed by atoms with van der Waals surface area (Å²) in [4.78, 5) is 25.4. The quantitative estimate of drug-likeness (QED) is 0.594. The molecule has 0 radical (unpaired) electrons. The second kappa shape index (κ2) is 6.49. The molecule has 25 heavy (non-hydrogen) atoms. The topological polar surface area (TPSA) is 52.6 Å². The molecule has 0 unspecified atom stereocenters. The molecule has 4 aliphatic rings. The van der Waals surface area contributed by atoms with E-state index < -0.39 is 11.8 Å². The minimum Gasteiger partial charge on any atom is -0.466 e. The summed E-state index contributed by atoms with van der Waals surface area (Å²) in [6, 6.07) is 7.30. The van der Waals surface area contributed by atoms with Crippen molar-refractivity contribution < 1.29 is 19.1 Å². The molecule has 1 aromatic rings. The first-order valence-electron chi connectivity index (χ1n) is 8.86. The largest absolute Gasteiger partial charge is 0.466 e. The Bertz CT molecular complexity index is 728. The minimum atomic E-state index is -0.444. The molecule has 2 fully saturated rings. The highest BCUT2D eigenvalue weighted by Crippen LogP contribution is 2.63. The summed E-state index contributed by atoms with van der Waals surface area (Å²) >= 11 is 6.13. The van der Waals surface area contributed by atoms with E-state index in [4.69, 9.17) is 21.1 Å². The Kier molecular flexibility index (Phi) is 4.32. The zero-order valence-corrected chi connectivity index (χ0v) is 14.8. The predicted molar refractivity (Wildman–Crippen MR) is 92.6 cm³/mol. The van der Waals surface area contributed by atoms with Gasteiger partial charge in [0.1, 0.15) is 6.61 Å². The lowest BCUT2D eigenvalue weighted by Gasteiger charge is -2.41. The first-order valence-corrected chi connectivity index (χ1v) is 9.24. The molecular weight excluding hydrogens is 340 g/mol. The standard InChI is InChI=1S/C20H21ClO4/c1-2-24-19(22)17-12-7-8-13(15-9-14(12)15)18(17)20(23)25-10-11-5-3-4-6-16(11)21/h3-8,12-15,17-18H,2,9-10H2,1H3/t12-,13+,14+,15+,17-,18-/m0/s1. The van der Waals surface area contributed by atoms with E-state index in [-0.39, 0.29) is 30.4 Å². The van der Waals surface area contributed by atoms with Gasteiger partial charge in [-0.05, 0) is 43.1 Å². The van der Waals surface area contributed by atoms with Crippen molar-refractivity contribution in [3.05, 3.63) is 47.0 Å². The number of halogens is 1. The Hall–Kier alpha value is -1.81. The van der Waals surface area contributed by atoms with Crippen molar-refractivity contribution in [2.45, 2.75) is 20.0 Å². The maximum atomic E-state index is 12.8. The Balaban J connectivity index is 1.52. The Morgan fingerprint density at radius 1 is 1.04 bits per heavy atom. The van der Waals surface area contributed by atoms with E-state index in [1.165, 1.54) is 0 Å². The van der Waals surface area contributed by atoms with Crippen LogP contribution in [-0.4, -0.2) is 18.5 Å². The fourth-order valence-corrected chi connectivity index (χ4v) is 4.81. The lowest BCUT2D eigenvalue weighted by molar-refractivity contribution is -0.168. The van der Waals surface area contributed by atoms with Crippen molar-refractivity contribution in [1.82, 2.24) is 0 Å². The van der Waals surface area contributed by atoms with Crippen LogP contribution in [0.25, 0.3) is 0 Å². The molecule has 5 rings (SSSR count). The lowest BCUT2D eigenvalue weighted by Crippen LogP contribution is -2.47. The van der Waals surface area contributed by atoms with Gasteiger partial charge in [0.25, 0.3) is 0 Å². The number of rotatable bonds is 5. The van der Waals surface area contributed by atoms with Gasteiger partial charge >= 0.3 is 11.9 Å². The fourth-order valence-electron chi connectivity index (χ4n) is 4.62. The van der Waals surface area contributed by atoms with E-state index in [0.29, 0.717) is 23.5 Å². The van der Waals surface area contributed by atoms with Gasteiger partial charge in [0.2, 0.25) is 0 Å². The molecule has 0 aromatic heterocycles. The molecule has 5 heteroatoms. The van der Waals surface area contributed by atoms with E-state index in [0.717, 1.165) is 12.0 Å². The van der Waals surface area contributed by atoms with Crippen LogP contribution in [0.5, 0.6) is 0 Å². The van der Waals surface area contributed by atoms with Crippen LogP contribution in [0.15, 0.2) is 36.4 Å². The van der Waals surface area contributed by atoms with Crippen LogP contribution in [-0.2, 0) is 25.7 Å². The summed E-state index contributed by atoms with van der Waals surface area (Å²) in [5.41, 5.74) is 0.769. The summed E-state index contributed by atoms with van der Waals surface area (Å²) in [5.74, 6) is -0.224. The molecule has 0 N–H and O–H groups in total. The molecule has 2 bridgehead atoms. The summed E-state index contributed by atoms with van der Waals surface area (Å²) in [6.45, 7) is 2.24. The number of allylic oxidation sites excluding steroid dienone is 2. The second-order valence-corrected chi connectivity index (χ2v) is 7.51. The third kappa shape index (κ3) is 2.86. The van der Waals surface area contributed by atoms with Crippen LogP contribution in [0.2, 0.25) is 5.02 Å². The first-order chi connectivity index (χ1) is 12.1. The highest BCUT2D eigenvalue weighted by molar-refractivity contribution is 6.31. The molecule has 2 saturated carbocycles. The van der Waals surface area contributed by atoms with Gasteiger partial charge in [0, 0.05) is 10.6 Å². The van der Waals surface area contributed by atoms with E-state index in [1.54, 1.807) is 13.0 Å². The van der Waals surface area contributed by atoms with Crippen molar-refractivity contribution >= 4 is 23.5 Å². The van der Waals surface area contributed by atoms with E-state index >= 15 is 0 Å². The third-order valence-electron chi connectivity index (χ3n) is 5.81. The fraction of sp³-hybridized carbons (Fsp3) is 0.500. The molecular formula is C20H21ClO4. The normalized spacial score (nSPS) is 34.3. The summed E-state index contributed by atoms with van der Waals surface area (Å²) in [7, 11) is 0. The van der Waals surface area contributed by atoms with Crippen molar-refractivity contribution in [2.75, 3.05) is 6.61 Å². The van der Waals surface area contributed by atoms with Crippen LogP contribution in [0.3, 0.4) is 0 Å². The minimum absolute atomic E-state index is 0.0863. The van der Waals surface area contributed by atoms with Gasteiger partial charge in [-0.2, -0.15) is 0 Å². The molecule has 1 aromatic carbocycles. The van der Waals surface area contributed by atoms with Gasteiger partial charge in [0.15, 0.2) is 0 Å². The van der Waals surface area contributed by atoms with Gasteiger partial charge in [0.05, 0.1) is 18.4 Å². The number of hydrogen-bond donors (Lipinski definition) is 0. The van der Waals surface area contributed by atoms with E-state index in [9.17, 15) is 9.59 Å². The number of esters is 2. The van der Waals surface area contributed by atoms with E-state index in [1.807, 2.05) is 18.2 Å². The number of fused-ring (bicyclic) bond motifs is 1.